The molecule has 2 aromatic rings. The largest absolute Gasteiger partial charge is 0.490 e. The van der Waals surface area contributed by atoms with Crippen molar-refractivity contribution in [3.63, 3.8) is 0 Å². The molecule has 2 rings (SSSR count). The number of nitrogens with two attached hydrogens (primary N) is 1. The molecule has 0 atom stereocenters. The molecule has 0 aliphatic heterocycles. The number of hydrogen-bond acceptors (Lipinski definition) is 4. The highest BCUT2D eigenvalue weighted by atomic mass is 16.5. The van der Waals surface area contributed by atoms with Gasteiger partial charge >= 0.3 is 0 Å². The van der Waals surface area contributed by atoms with Gasteiger partial charge in [-0.25, -0.2) is 0 Å². The van der Waals surface area contributed by atoms with E-state index >= 15 is 0 Å². The van der Waals surface area contributed by atoms with Gasteiger partial charge in [0.1, 0.15) is 12.4 Å². The van der Waals surface area contributed by atoms with Gasteiger partial charge in [0.15, 0.2) is 0 Å². The van der Waals surface area contributed by atoms with E-state index in [-0.39, 0.29) is 0 Å². The smallest absolute Gasteiger partial charge is 0.128 e. The van der Waals surface area contributed by atoms with Crippen LogP contribution in [0.15, 0.2) is 30.6 Å². The maximum atomic E-state index is 5.91. The maximum Gasteiger partial charge on any atom is 0.128 e. The van der Waals surface area contributed by atoms with Gasteiger partial charge in [-0.15, -0.1) is 0 Å². The van der Waals surface area contributed by atoms with Gasteiger partial charge in [-0.2, -0.15) is 0 Å². The zero-order valence-corrected chi connectivity index (χ0v) is 10.6. The molecule has 0 bridgehead atoms. The van der Waals surface area contributed by atoms with Crippen molar-refractivity contribution in [2.24, 2.45) is 0 Å². The minimum Gasteiger partial charge on any atom is -0.490 e. The van der Waals surface area contributed by atoms with Crippen molar-refractivity contribution in [1.29, 1.82) is 0 Å². The second kappa shape index (κ2) is 6.21. The molecule has 0 aliphatic carbocycles. The number of anilines is 1. The first-order chi connectivity index (χ1) is 8.83. The number of aromatic nitrogens is 1. The summed E-state index contributed by atoms with van der Waals surface area (Å²) < 4.78 is 11.1. The summed E-state index contributed by atoms with van der Waals surface area (Å²) in [6.45, 7) is 3.99. The number of rotatable bonds is 6. The molecule has 1 aromatic carbocycles. The average molecular weight is 246 g/mol. The molecular weight excluding hydrogens is 228 g/mol. The van der Waals surface area contributed by atoms with Crippen LogP contribution in [0.3, 0.4) is 0 Å². The lowest BCUT2D eigenvalue weighted by Gasteiger charge is -2.10. The zero-order chi connectivity index (χ0) is 12.8. The monoisotopic (exact) mass is 246 g/mol. The molecule has 0 saturated heterocycles. The molecule has 18 heavy (non-hydrogen) atoms. The fourth-order valence-electron chi connectivity index (χ4n) is 1.77. The van der Waals surface area contributed by atoms with Gasteiger partial charge in [-0.3, -0.25) is 4.98 Å². The Hall–Kier alpha value is -1.81. The summed E-state index contributed by atoms with van der Waals surface area (Å²) in [5.74, 6) is 0.799. The second-order valence-electron chi connectivity index (χ2n) is 4.04. The van der Waals surface area contributed by atoms with E-state index in [9.17, 15) is 0 Å². The minimum absolute atomic E-state index is 0.536. The molecule has 0 aliphatic rings. The standard InChI is InChI=1S/C14H18N2O2/c1-2-7-17-8-9-18-14-4-3-13(15)11-5-6-16-10-12(11)14/h3-6,10H,2,7-9,15H2,1H3. The van der Waals surface area contributed by atoms with Crippen LogP contribution in [0.25, 0.3) is 10.8 Å². The normalized spacial score (nSPS) is 10.7. The summed E-state index contributed by atoms with van der Waals surface area (Å²) in [6.07, 6.45) is 4.52. The number of ether oxygens (including phenoxy) is 2. The third kappa shape index (κ3) is 2.90. The van der Waals surface area contributed by atoms with Gasteiger partial charge in [0.2, 0.25) is 0 Å². The molecule has 0 radical (unpaired) electrons. The molecule has 4 nitrogen and oxygen atoms in total. The fourth-order valence-corrected chi connectivity index (χ4v) is 1.77. The van der Waals surface area contributed by atoms with Crippen molar-refractivity contribution < 1.29 is 9.47 Å². The van der Waals surface area contributed by atoms with Crippen LogP contribution in [0, 0.1) is 0 Å². The Morgan fingerprint density at radius 1 is 1.11 bits per heavy atom. The summed E-state index contributed by atoms with van der Waals surface area (Å²) in [5.41, 5.74) is 6.65. The predicted molar refractivity (Wildman–Crippen MR) is 72.8 cm³/mol. The average Bonchev–Trinajstić information content (AvgIpc) is 2.41. The van der Waals surface area contributed by atoms with Crippen molar-refractivity contribution in [3.05, 3.63) is 30.6 Å². The predicted octanol–water partition coefficient (Wildman–Crippen LogP) is 2.62. The van der Waals surface area contributed by atoms with Crippen LogP contribution in [0.4, 0.5) is 5.69 Å². The van der Waals surface area contributed by atoms with Gasteiger partial charge in [-0.05, 0) is 24.6 Å². The van der Waals surface area contributed by atoms with Crippen molar-refractivity contribution >= 4 is 16.5 Å². The highest BCUT2D eigenvalue weighted by Crippen LogP contribution is 2.28. The SMILES string of the molecule is CCCOCCOc1ccc(N)c2ccncc12. The van der Waals surface area contributed by atoms with E-state index in [4.69, 9.17) is 15.2 Å². The molecule has 0 spiro atoms. The molecule has 1 aromatic heterocycles. The van der Waals surface area contributed by atoms with Crippen molar-refractivity contribution in [2.45, 2.75) is 13.3 Å². The van der Waals surface area contributed by atoms with Crippen molar-refractivity contribution in [2.75, 3.05) is 25.6 Å². The maximum absolute atomic E-state index is 5.91. The molecule has 0 unspecified atom stereocenters. The number of nitrogens with zero attached hydrogens (tertiary/aromatic N) is 1. The Bertz CT molecular complexity index is 514. The molecule has 96 valence electrons. The van der Waals surface area contributed by atoms with Gasteiger partial charge in [0, 0.05) is 35.5 Å². The number of pyridine rings is 1. The molecule has 4 heteroatoms. The first kappa shape index (κ1) is 12.6. The number of nitrogen functional groups attached to an aromatic ring is 1. The van der Waals surface area contributed by atoms with E-state index < -0.39 is 0 Å². The highest BCUT2D eigenvalue weighted by molar-refractivity contribution is 5.96. The fraction of sp³-hybridized carbons (Fsp3) is 0.357. The molecule has 0 saturated carbocycles. The summed E-state index contributed by atoms with van der Waals surface area (Å²) in [4.78, 5) is 4.11. The first-order valence-corrected chi connectivity index (χ1v) is 6.15. The molecule has 1 heterocycles. The third-order valence-corrected chi connectivity index (χ3v) is 2.65. The van der Waals surface area contributed by atoms with Gasteiger partial charge in [0.25, 0.3) is 0 Å². The van der Waals surface area contributed by atoms with Crippen LogP contribution in [-0.4, -0.2) is 24.8 Å². The quantitative estimate of drug-likeness (QED) is 0.628. The lowest BCUT2D eigenvalue weighted by molar-refractivity contribution is 0.101. The van der Waals surface area contributed by atoms with E-state index in [2.05, 4.69) is 11.9 Å². The zero-order valence-electron chi connectivity index (χ0n) is 10.6. The van der Waals surface area contributed by atoms with Crippen LogP contribution in [-0.2, 0) is 4.74 Å². The summed E-state index contributed by atoms with van der Waals surface area (Å²) in [5, 5.41) is 1.91. The van der Waals surface area contributed by atoms with E-state index in [0.717, 1.165) is 35.2 Å². The number of benzene rings is 1. The van der Waals surface area contributed by atoms with E-state index in [1.807, 2.05) is 18.2 Å². The summed E-state index contributed by atoms with van der Waals surface area (Å²) >= 11 is 0. The Balaban J connectivity index is 2.07. The van der Waals surface area contributed by atoms with Gasteiger partial charge in [-0.1, -0.05) is 6.92 Å². The minimum atomic E-state index is 0.536. The molecule has 0 amide bonds. The summed E-state index contributed by atoms with van der Waals surface area (Å²) in [7, 11) is 0. The van der Waals surface area contributed by atoms with E-state index in [1.54, 1.807) is 12.4 Å². The molecular formula is C14H18N2O2. The van der Waals surface area contributed by atoms with Crippen LogP contribution < -0.4 is 10.5 Å². The van der Waals surface area contributed by atoms with Gasteiger partial charge < -0.3 is 15.2 Å². The van der Waals surface area contributed by atoms with Crippen LogP contribution >= 0.6 is 0 Å². The van der Waals surface area contributed by atoms with Crippen LogP contribution in [0.2, 0.25) is 0 Å². The third-order valence-electron chi connectivity index (χ3n) is 2.65. The van der Waals surface area contributed by atoms with Crippen LogP contribution in [0.5, 0.6) is 5.75 Å². The van der Waals surface area contributed by atoms with E-state index in [1.165, 1.54) is 0 Å². The second-order valence-corrected chi connectivity index (χ2v) is 4.04. The number of hydrogen-bond donors (Lipinski definition) is 1. The lowest BCUT2D eigenvalue weighted by Crippen LogP contribution is -2.07. The van der Waals surface area contributed by atoms with Crippen LogP contribution in [0.1, 0.15) is 13.3 Å². The Labute approximate surface area is 107 Å². The van der Waals surface area contributed by atoms with Gasteiger partial charge in [0.05, 0.1) is 6.61 Å². The van der Waals surface area contributed by atoms with Crippen molar-refractivity contribution in [3.8, 4) is 5.75 Å². The summed E-state index contributed by atoms with van der Waals surface area (Å²) in [6, 6.07) is 5.62. The highest BCUT2D eigenvalue weighted by Gasteiger charge is 2.04. The Morgan fingerprint density at radius 2 is 2.00 bits per heavy atom. The number of fused-ring (bicyclic) bond motifs is 1. The van der Waals surface area contributed by atoms with Crippen molar-refractivity contribution in [1.82, 2.24) is 4.98 Å². The first-order valence-electron chi connectivity index (χ1n) is 6.15. The molecule has 0 fully saturated rings. The lowest BCUT2D eigenvalue weighted by atomic mass is 10.1. The Morgan fingerprint density at radius 3 is 2.83 bits per heavy atom. The topological polar surface area (TPSA) is 57.4 Å². The molecule has 2 N–H and O–H groups in total. The Kier molecular flexibility index (Phi) is 4.36. The van der Waals surface area contributed by atoms with E-state index in [0.29, 0.717) is 13.2 Å².